The van der Waals surface area contributed by atoms with Gasteiger partial charge in [-0.15, -0.1) is 0 Å². The second-order valence-corrected chi connectivity index (χ2v) is 9.70. The van der Waals surface area contributed by atoms with Gasteiger partial charge in [-0.1, -0.05) is 30.2 Å². The molecule has 0 aromatic heterocycles. The third-order valence-electron chi connectivity index (χ3n) is 6.28. The van der Waals surface area contributed by atoms with Crippen LogP contribution in [-0.4, -0.2) is 79.9 Å². The van der Waals surface area contributed by atoms with Gasteiger partial charge in [0.05, 0.1) is 11.3 Å². The fourth-order valence-electron chi connectivity index (χ4n) is 4.28. The first-order valence-corrected chi connectivity index (χ1v) is 11.9. The molecule has 162 valence electrons. The molecule has 1 aromatic carbocycles. The molecule has 0 radical (unpaired) electrons. The van der Waals surface area contributed by atoms with Gasteiger partial charge in [0.2, 0.25) is 5.91 Å². The monoisotopic (exact) mass is 427 g/mol. The lowest BCUT2D eigenvalue weighted by Gasteiger charge is -2.34. The SMILES string of the molecule is CNC(=O)C1=CCN(SC2C=NC(c3ccc(N4CCN(C)CC4)cc3)CC2)CC1. The number of benzene rings is 1. The topological polar surface area (TPSA) is 51.2 Å². The number of anilines is 1. The first kappa shape index (κ1) is 21.4. The van der Waals surface area contributed by atoms with Gasteiger partial charge in [0, 0.05) is 63.8 Å². The number of nitrogens with one attached hydrogen (secondary N) is 1. The number of aliphatic imine (C=N–C) groups is 1. The molecule has 1 N–H and O–H groups in total. The third kappa shape index (κ3) is 5.25. The quantitative estimate of drug-likeness (QED) is 0.733. The highest BCUT2D eigenvalue weighted by Gasteiger charge is 2.23. The summed E-state index contributed by atoms with van der Waals surface area (Å²) in [4.78, 5) is 21.5. The van der Waals surface area contributed by atoms with Crippen LogP contribution in [0.2, 0.25) is 0 Å². The molecule has 1 saturated heterocycles. The average Bonchev–Trinajstić information content (AvgIpc) is 2.80. The van der Waals surface area contributed by atoms with Crippen molar-refractivity contribution in [2.45, 2.75) is 30.6 Å². The van der Waals surface area contributed by atoms with E-state index in [-0.39, 0.29) is 11.9 Å². The summed E-state index contributed by atoms with van der Waals surface area (Å²) >= 11 is 1.88. The van der Waals surface area contributed by atoms with Gasteiger partial charge in [-0.05, 0) is 44.0 Å². The Morgan fingerprint density at radius 3 is 2.47 bits per heavy atom. The number of piperazine rings is 1. The maximum atomic E-state index is 11.7. The molecule has 0 bridgehead atoms. The fourth-order valence-corrected chi connectivity index (χ4v) is 5.39. The van der Waals surface area contributed by atoms with Crippen LogP contribution in [0.5, 0.6) is 0 Å². The first-order chi connectivity index (χ1) is 14.6. The van der Waals surface area contributed by atoms with E-state index < -0.39 is 0 Å². The number of hydrogen-bond donors (Lipinski definition) is 1. The zero-order valence-electron chi connectivity index (χ0n) is 18.1. The predicted molar refractivity (Wildman–Crippen MR) is 126 cm³/mol. The lowest BCUT2D eigenvalue weighted by molar-refractivity contribution is -0.117. The maximum absolute atomic E-state index is 11.7. The van der Waals surface area contributed by atoms with Crippen molar-refractivity contribution in [3.8, 4) is 0 Å². The largest absolute Gasteiger partial charge is 0.369 e. The summed E-state index contributed by atoms with van der Waals surface area (Å²) in [5, 5.41) is 3.15. The highest BCUT2D eigenvalue weighted by molar-refractivity contribution is 7.98. The van der Waals surface area contributed by atoms with Gasteiger partial charge in [-0.25, -0.2) is 4.31 Å². The van der Waals surface area contributed by atoms with E-state index in [1.54, 1.807) is 7.05 Å². The van der Waals surface area contributed by atoms with Crippen LogP contribution in [0.3, 0.4) is 0 Å². The molecule has 1 amide bonds. The lowest BCUT2D eigenvalue weighted by atomic mass is 9.99. The highest BCUT2D eigenvalue weighted by Crippen LogP contribution is 2.33. The Balaban J connectivity index is 1.28. The van der Waals surface area contributed by atoms with Gasteiger partial charge in [0.1, 0.15) is 0 Å². The van der Waals surface area contributed by atoms with Crippen LogP contribution in [0, 0.1) is 0 Å². The second-order valence-electron chi connectivity index (χ2n) is 8.36. The Morgan fingerprint density at radius 1 is 1.10 bits per heavy atom. The summed E-state index contributed by atoms with van der Waals surface area (Å²) in [7, 11) is 3.89. The van der Waals surface area contributed by atoms with Crippen molar-refractivity contribution < 1.29 is 4.79 Å². The number of likely N-dealkylation sites (N-methyl/N-ethyl adjacent to an activating group) is 2. The molecule has 0 spiro atoms. The Hall–Kier alpha value is -1.83. The van der Waals surface area contributed by atoms with Gasteiger partial charge < -0.3 is 15.1 Å². The molecule has 2 atom stereocenters. The standard InChI is InChI=1S/C23H33N5OS/c1-24-23(29)19-9-11-28(12-10-19)30-21-7-8-22(25-17-21)18-3-5-20(6-4-18)27-15-13-26(2)14-16-27/h3-6,9,17,21-22H,7-8,10-16H2,1-2H3,(H,24,29). The molecule has 4 rings (SSSR count). The summed E-state index contributed by atoms with van der Waals surface area (Å²) < 4.78 is 2.36. The molecule has 30 heavy (non-hydrogen) atoms. The molecule has 2 unspecified atom stereocenters. The molecule has 1 aromatic rings. The van der Waals surface area contributed by atoms with E-state index in [2.05, 4.69) is 63.0 Å². The Morgan fingerprint density at radius 2 is 1.87 bits per heavy atom. The molecule has 1 fully saturated rings. The minimum atomic E-state index is 0.0559. The molecule has 6 nitrogen and oxygen atoms in total. The van der Waals surface area contributed by atoms with Crippen molar-refractivity contribution >= 4 is 29.8 Å². The van der Waals surface area contributed by atoms with E-state index >= 15 is 0 Å². The summed E-state index contributed by atoms with van der Waals surface area (Å²) in [5.41, 5.74) is 3.56. The minimum absolute atomic E-state index is 0.0559. The van der Waals surface area contributed by atoms with Crippen molar-refractivity contribution in [3.05, 3.63) is 41.5 Å². The fraction of sp³-hybridized carbons (Fsp3) is 0.565. The number of carbonyl (C=O) groups excluding carboxylic acids is 1. The number of nitrogens with zero attached hydrogens (tertiary/aromatic N) is 4. The molecular weight excluding hydrogens is 394 g/mol. The molecule has 3 aliphatic heterocycles. The average molecular weight is 428 g/mol. The van der Waals surface area contributed by atoms with Crippen LogP contribution in [0.1, 0.15) is 30.9 Å². The zero-order chi connectivity index (χ0) is 20.9. The van der Waals surface area contributed by atoms with Crippen LogP contribution in [0.15, 0.2) is 40.9 Å². The predicted octanol–water partition coefficient (Wildman–Crippen LogP) is 2.74. The molecular formula is C23H33N5OS. The summed E-state index contributed by atoms with van der Waals surface area (Å²) in [6, 6.07) is 9.34. The van der Waals surface area contributed by atoms with Crippen LogP contribution >= 0.6 is 11.9 Å². The molecule has 0 saturated carbocycles. The summed E-state index contributed by atoms with van der Waals surface area (Å²) in [6.45, 7) is 6.22. The summed E-state index contributed by atoms with van der Waals surface area (Å²) in [6.07, 6.45) is 7.25. The normalized spacial score (nSPS) is 25.8. The van der Waals surface area contributed by atoms with Crippen LogP contribution in [0.25, 0.3) is 0 Å². The van der Waals surface area contributed by atoms with Crippen molar-refractivity contribution in [1.82, 2.24) is 14.5 Å². The van der Waals surface area contributed by atoms with Gasteiger partial charge in [-0.2, -0.15) is 0 Å². The Bertz CT molecular complexity index is 785. The number of rotatable bonds is 5. The Kier molecular flexibility index (Phi) is 7.12. The minimum Gasteiger partial charge on any atom is -0.369 e. The van der Waals surface area contributed by atoms with Crippen molar-refractivity contribution in [2.24, 2.45) is 4.99 Å². The number of hydrogen-bond acceptors (Lipinski definition) is 6. The number of carbonyl (C=O) groups is 1. The van der Waals surface area contributed by atoms with Crippen LogP contribution in [-0.2, 0) is 4.79 Å². The molecule has 0 aliphatic carbocycles. The van der Waals surface area contributed by atoms with Gasteiger partial charge in [0.25, 0.3) is 0 Å². The summed E-state index contributed by atoms with van der Waals surface area (Å²) in [5.74, 6) is 0.0559. The van der Waals surface area contributed by atoms with E-state index in [4.69, 9.17) is 4.99 Å². The van der Waals surface area contributed by atoms with Crippen molar-refractivity contribution in [3.63, 3.8) is 0 Å². The van der Waals surface area contributed by atoms with E-state index in [1.165, 1.54) is 11.3 Å². The van der Waals surface area contributed by atoms with Gasteiger partial charge >= 0.3 is 0 Å². The zero-order valence-corrected chi connectivity index (χ0v) is 18.9. The maximum Gasteiger partial charge on any atom is 0.246 e. The first-order valence-electron chi connectivity index (χ1n) is 11.0. The third-order valence-corrected chi connectivity index (χ3v) is 7.54. The van der Waals surface area contributed by atoms with E-state index in [1.807, 2.05) is 11.9 Å². The highest BCUT2D eigenvalue weighted by atomic mass is 32.2. The van der Waals surface area contributed by atoms with E-state index in [0.29, 0.717) is 5.25 Å². The molecule has 3 heterocycles. The van der Waals surface area contributed by atoms with Crippen molar-refractivity contribution in [1.29, 1.82) is 0 Å². The molecule has 3 aliphatic rings. The Labute approximate surface area is 184 Å². The lowest BCUT2D eigenvalue weighted by Crippen LogP contribution is -2.44. The second kappa shape index (κ2) is 9.98. The van der Waals surface area contributed by atoms with Gasteiger partial charge in [-0.3, -0.25) is 9.79 Å². The smallest absolute Gasteiger partial charge is 0.246 e. The number of amides is 1. The van der Waals surface area contributed by atoms with E-state index in [9.17, 15) is 4.79 Å². The van der Waals surface area contributed by atoms with E-state index in [0.717, 1.165) is 64.1 Å². The van der Waals surface area contributed by atoms with Gasteiger partial charge in [0.15, 0.2) is 0 Å². The van der Waals surface area contributed by atoms with Crippen LogP contribution < -0.4 is 10.2 Å². The molecule has 7 heteroatoms. The van der Waals surface area contributed by atoms with Crippen LogP contribution in [0.4, 0.5) is 5.69 Å². The van der Waals surface area contributed by atoms with Crippen molar-refractivity contribution in [2.75, 3.05) is 58.3 Å².